The smallest absolute Gasteiger partial charge is 0.155 e. The summed E-state index contributed by atoms with van der Waals surface area (Å²) in [6.07, 6.45) is 18.8. The standard InChI is InChI=1S/C22H23ClSi/c1-3-19-14-5-7-16(11-14)21(19)10-9-18(24-23)13-22-17-8-6-15(12-17)20(22)4-2/h5-10,13-17,21-22H,1-2,11-12,24H2. The number of rotatable bonds is 4. The molecule has 0 amide bonds. The van der Waals surface area contributed by atoms with Crippen molar-refractivity contribution in [2.24, 2.45) is 35.5 Å². The minimum Gasteiger partial charge on any atom is -0.170 e. The van der Waals surface area contributed by atoms with E-state index in [1.807, 2.05) is 0 Å². The van der Waals surface area contributed by atoms with Gasteiger partial charge in [0.05, 0.1) is 0 Å². The molecule has 6 unspecified atom stereocenters. The molecule has 0 aliphatic heterocycles. The summed E-state index contributed by atoms with van der Waals surface area (Å²) in [7, 11) is -0.727. The lowest BCUT2D eigenvalue weighted by atomic mass is 9.87. The van der Waals surface area contributed by atoms with Gasteiger partial charge in [0, 0.05) is 23.7 Å². The summed E-state index contributed by atoms with van der Waals surface area (Å²) in [6.45, 7) is 7.81. The Kier molecular flexibility index (Phi) is 4.29. The van der Waals surface area contributed by atoms with Gasteiger partial charge in [0.1, 0.15) is 0 Å². The normalized spacial score (nSPS) is 39.8. The van der Waals surface area contributed by atoms with Crippen LogP contribution in [0.3, 0.4) is 0 Å². The Balaban J connectivity index is 1.57. The largest absolute Gasteiger partial charge is 0.170 e. The first-order valence-corrected chi connectivity index (χ1v) is 11.7. The van der Waals surface area contributed by atoms with Gasteiger partial charge in [-0.15, -0.1) is 11.5 Å². The highest BCUT2D eigenvalue weighted by atomic mass is 35.6. The molecular weight excluding hydrogens is 328 g/mol. The van der Waals surface area contributed by atoms with Crippen molar-refractivity contribution < 1.29 is 0 Å². The maximum Gasteiger partial charge on any atom is 0.155 e. The first-order chi connectivity index (χ1) is 11.7. The summed E-state index contributed by atoms with van der Waals surface area (Å²) >= 11 is 6.38. The van der Waals surface area contributed by atoms with E-state index < -0.39 is 8.83 Å². The molecule has 122 valence electrons. The minimum absolute atomic E-state index is 0.456. The van der Waals surface area contributed by atoms with Gasteiger partial charge in [-0.05, 0) is 35.8 Å². The van der Waals surface area contributed by atoms with Crippen LogP contribution in [0.2, 0.25) is 0 Å². The van der Waals surface area contributed by atoms with Crippen LogP contribution in [-0.4, -0.2) is 8.83 Å². The zero-order chi connectivity index (χ0) is 16.7. The molecule has 0 nitrogen and oxygen atoms in total. The topological polar surface area (TPSA) is 0 Å². The van der Waals surface area contributed by atoms with Gasteiger partial charge in [-0.1, -0.05) is 60.9 Å². The van der Waals surface area contributed by atoms with Crippen molar-refractivity contribution in [2.45, 2.75) is 12.8 Å². The predicted octanol–water partition coefficient (Wildman–Crippen LogP) is 4.82. The van der Waals surface area contributed by atoms with Crippen molar-refractivity contribution >= 4 is 19.9 Å². The van der Waals surface area contributed by atoms with E-state index in [2.05, 4.69) is 67.2 Å². The van der Waals surface area contributed by atoms with Crippen LogP contribution < -0.4 is 0 Å². The molecule has 2 fully saturated rings. The molecule has 24 heavy (non-hydrogen) atoms. The molecule has 0 N–H and O–H groups in total. The highest BCUT2D eigenvalue weighted by Crippen LogP contribution is 2.49. The van der Waals surface area contributed by atoms with Gasteiger partial charge in [0.25, 0.3) is 0 Å². The lowest BCUT2D eigenvalue weighted by molar-refractivity contribution is 0.601. The second-order valence-electron chi connectivity index (χ2n) is 7.33. The Labute approximate surface area is 151 Å². The van der Waals surface area contributed by atoms with Crippen LogP contribution in [0.5, 0.6) is 0 Å². The second kappa shape index (κ2) is 6.43. The van der Waals surface area contributed by atoms with Crippen molar-refractivity contribution in [3.63, 3.8) is 0 Å². The quantitative estimate of drug-likeness (QED) is 0.224. The summed E-state index contributed by atoms with van der Waals surface area (Å²) in [5, 5.41) is 1.34. The predicted molar refractivity (Wildman–Crippen MR) is 105 cm³/mol. The molecular formula is C22H23ClSi. The molecule has 0 heterocycles. The Morgan fingerprint density at radius 2 is 1.58 bits per heavy atom. The third kappa shape index (κ3) is 2.53. The molecule has 0 radical (unpaired) electrons. The van der Waals surface area contributed by atoms with Crippen LogP contribution in [0.4, 0.5) is 0 Å². The van der Waals surface area contributed by atoms with Crippen molar-refractivity contribution in [2.75, 3.05) is 0 Å². The Bertz CT molecular complexity index is 768. The molecule has 0 saturated heterocycles. The maximum atomic E-state index is 6.38. The third-order valence-corrected chi connectivity index (χ3v) is 7.85. The highest BCUT2D eigenvalue weighted by Gasteiger charge is 2.39. The Morgan fingerprint density at radius 1 is 1.00 bits per heavy atom. The van der Waals surface area contributed by atoms with E-state index in [1.54, 1.807) is 0 Å². The number of fused-ring (bicyclic) bond motifs is 4. The van der Waals surface area contributed by atoms with E-state index in [1.165, 1.54) is 29.2 Å². The van der Waals surface area contributed by atoms with Crippen LogP contribution in [0.25, 0.3) is 0 Å². The van der Waals surface area contributed by atoms with Crippen LogP contribution in [-0.2, 0) is 0 Å². The first kappa shape index (κ1) is 16.0. The molecule has 0 aromatic carbocycles. The van der Waals surface area contributed by atoms with Crippen LogP contribution in [0, 0.1) is 35.5 Å². The van der Waals surface area contributed by atoms with E-state index in [0.29, 0.717) is 35.5 Å². The molecule has 4 aliphatic carbocycles. The molecule has 0 spiro atoms. The van der Waals surface area contributed by atoms with Gasteiger partial charge < -0.3 is 0 Å². The van der Waals surface area contributed by atoms with Gasteiger partial charge >= 0.3 is 0 Å². The van der Waals surface area contributed by atoms with Gasteiger partial charge in [-0.3, -0.25) is 0 Å². The summed E-state index contributed by atoms with van der Waals surface area (Å²) in [5.41, 5.74) is 9.12. The zero-order valence-corrected chi connectivity index (χ0v) is 16.1. The van der Waals surface area contributed by atoms with Crippen molar-refractivity contribution in [3.05, 3.63) is 83.5 Å². The van der Waals surface area contributed by atoms with E-state index >= 15 is 0 Å². The van der Waals surface area contributed by atoms with Crippen LogP contribution >= 0.6 is 11.1 Å². The summed E-state index contributed by atoms with van der Waals surface area (Å²) in [6, 6.07) is 0. The van der Waals surface area contributed by atoms with Gasteiger partial charge in [0.2, 0.25) is 0 Å². The van der Waals surface area contributed by atoms with Gasteiger partial charge in [0.15, 0.2) is 8.83 Å². The number of halogens is 1. The van der Waals surface area contributed by atoms with E-state index in [9.17, 15) is 0 Å². The number of hydrogen-bond acceptors (Lipinski definition) is 0. The monoisotopic (exact) mass is 350 g/mol. The average Bonchev–Trinajstić information content (AvgIpc) is 3.37. The molecule has 6 atom stereocenters. The molecule has 4 bridgehead atoms. The van der Waals surface area contributed by atoms with Crippen molar-refractivity contribution in [3.8, 4) is 0 Å². The fourth-order valence-electron chi connectivity index (χ4n) is 4.96. The molecule has 0 aromatic rings. The number of allylic oxidation sites excluding steroid dienone is 10. The maximum absolute atomic E-state index is 6.38. The molecule has 4 rings (SSSR count). The highest BCUT2D eigenvalue weighted by molar-refractivity contribution is 6.98. The van der Waals surface area contributed by atoms with E-state index in [4.69, 9.17) is 11.1 Å². The fourth-order valence-corrected chi connectivity index (χ4v) is 6.07. The fraction of sp³-hybridized carbons (Fsp3) is 0.364. The molecule has 2 saturated carbocycles. The first-order valence-electron chi connectivity index (χ1n) is 8.86. The van der Waals surface area contributed by atoms with Crippen LogP contribution in [0.1, 0.15) is 12.8 Å². The Morgan fingerprint density at radius 3 is 2.17 bits per heavy atom. The zero-order valence-electron chi connectivity index (χ0n) is 13.9. The van der Waals surface area contributed by atoms with Crippen molar-refractivity contribution in [1.29, 1.82) is 0 Å². The number of hydrogen-bond donors (Lipinski definition) is 0. The molecule has 4 aliphatic rings. The lowest BCUT2D eigenvalue weighted by Gasteiger charge is -2.18. The van der Waals surface area contributed by atoms with E-state index in [0.717, 1.165) is 0 Å². The summed E-state index contributed by atoms with van der Waals surface area (Å²) < 4.78 is 0. The molecule has 2 heteroatoms. The van der Waals surface area contributed by atoms with Crippen LogP contribution in [0.15, 0.2) is 83.5 Å². The minimum atomic E-state index is -0.727. The summed E-state index contributed by atoms with van der Waals surface area (Å²) in [4.78, 5) is 0. The van der Waals surface area contributed by atoms with Gasteiger partial charge in [-0.25, -0.2) is 0 Å². The lowest BCUT2D eigenvalue weighted by Crippen LogP contribution is -2.09. The molecule has 0 aromatic heterocycles. The van der Waals surface area contributed by atoms with Gasteiger partial charge in [-0.2, -0.15) is 11.1 Å². The third-order valence-electron chi connectivity index (χ3n) is 6.15. The summed E-state index contributed by atoms with van der Waals surface area (Å²) in [5.74, 6) is 3.29. The van der Waals surface area contributed by atoms with Crippen molar-refractivity contribution in [1.82, 2.24) is 0 Å². The SMILES string of the molecule is C=C=C1C2C=CC(C2)C1C=CC(=CC1C(=C=C)C2C=CC1C2)[SiH2]Cl. The second-order valence-corrected chi connectivity index (χ2v) is 9.22. The average molecular weight is 351 g/mol. The van der Waals surface area contributed by atoms with E-state index in [-0.39, 0.29) is 0 Å². The Hall–Kier alpha value is -1.49.